The number of carbonyl (C=O) groups excluding carboxylic acids is 1. The van der Waals surface area contributed by atoms with E-state index in [-0.39, 0.29) is 48.6 Å². The monoisotopic (exact) mass is 441 g/mol. The minimum Gasteiger partial charge on any atom is -0.481 e. The highest BCUT2D eigenvalue weighted by Crippen LogP contribution is 2.44. The van der Waals surface area contributed by atoms with Gasteiger partial charge in [-0.25, -0.2) is 0 Å². The zero-order chi connectivity index (χ0) is 22.4. The van der Waals surface area contributed by atoms with E-state index in [1.807, 2.05) is 26.0 Å². The highest BCUT2D eigenvalue weighted by molar-refractivity contribution is 5.72. The van der Waals surface area contributed by atoms with Gasteiger partial charge in [0, 0.05) is 12.3 Å². The molecule has 0 bridgehead atoms. The normalized spacial score (nSPS) is 30.3. The fourth-order valence-corrected chi connectivity index (χ4v) is 4.52. The van der Waals surface area contributed by atoms with Gasteiger partial charge in [0.05, 0.1) is 30.7 Å². The Hall–Kier alpha value is -1.74. The van der Waals surface area contributed by atoms with Crippen LogP contribution in [0.4, 0.5) is 0 Å². The minimum atomic E-state index is -1.10. The second-order valence-corrected chi connectivity index (χ2v) is 8.88. The topological polar surface area (TPSA) is 159 Å². The van der Waals surface area contributed by atoms with Crippen molar-refractivity contribution in [3.63, 3.8) is 0 Å². The Kier molecular flexibility index (Phi) is 10.9. The molecular formula is C23H39NO7. The largest absolute Gasteiger partial charge is 0.481 e. The summed E-state index contributed by atoms with van der Waals surface area (Å²) in [7, 11) is 0. The Morgan fingerprint density at radius 2 is 1.94 bits per heavy atom. The third-order valence-electron chi connectivity index (χ3n) is 6.44. The van der Waals surface area contributed by atoms with E-state index in [0.29, 0.717) is 25.7 Å². The van der Waals surface area contributed by atoms with Crippen LogP contribution in [0.2, 0.25) is 0 Å². The Morgan fingerprint density at radius 1 is 1.26 bits per heavy atom. The van der Waals surface area contributed by atoms with Gasteiger partial charge in [-0.3, -0.25) is 9.59 Å². The summed E-state index contributed by atoms with van der Waals surface area (Å²) in [5.41, 5.74) is 0.958. The summed E-state index contributed by atoms with van der Waals surface area (Å²) in [6.07, 6.45) is 4.64. The van der Waals surface area contributed by atoms with Crippen LogP contribution in [0.3, 0.4) is 0 Å². The molecule has 0 spiro atoms. The number of aliphatic carboxylic acids is 1. The smallest absolute Gasteiger partial charge is 0.308 e. The van der Waals surface area contributed by atoms with E-state index in [9.17, 15) is 24.9 Å². The zero-order valence-electron chi connectivity index (χ0n) is 18.8. The fourth-order valence-electron chi connectivity index (χ4n) is 4.52. The van der Waals surface area contributed by atoms with Gasteiger partial charge in [-0.1, -0.05) is 39.0 Å². The van der Waals surface area contributed by atoms with Crippen molar-refractivity contribution >= 4 is 11.9 Å². The number of aliphatic hydroxyl groups excluding tert-OH is 3. The molecule has 0 aromatic carbocycles. The number of ether oxygens (including phenoxy) is 1. The Labute approximate surface area is 184 Å². The molecule has 8 nitrogen and oxygen atoms in total. The quantitative estimate of drug-likeness (QED) is 0.323. The molecule has 1 unspecified atom stereocenters. The van der Waals surface area contributed by atoms with Crippen molar-refractivity contribution in [2.45, 2.75) is 83.7 Å². The average molecular weight is 442 g/mol. The third-order valence-corrected chi connectivity index (χ3v) is 6.44. The molecule has 7 N–H and O–H groups in total. The number of fused-ring (bicyclic) bond motifs is 1. The van der Waals surface area contributed by atoms with Crippen molar-refractivity contribution < 1.29 is 34.8 Å². The number of hydrogen-bond donors (Lipinski definition) is 5. The van der Waals surface area contributed by atoms with Crippen LogP contribution in [0.25, 0.3) is 0 Å². The number of esters is 1. The molecule has 0 radical (unpaired) electrons. The summed E-state index contributed by atoms with van der Waals surface area (Å²) in [4.78, 5) is 23.1. The predicted molar refractivity (Wildman–Crippen MR) is 116 cm³/mol. The van der Waals surface area contributed by atoms with Gasteiger partial charge in [0.2, 0.25) is 0 Å². The zero-order valence-corrected chi connectivity index (χ0v) is 18.8. The van der Waals surface area contributed by atoms with E-state index in [1.165, 1.54) is 0 Å². The number of carbonyl (C=O) groups is 2. The summed E-state index contributed by atoms with van der Waals surface area (Å²) in [5.74, 6) is -1.31. The summed E-state index contributed by atoms with van der Waals surface area (Å²) < 4.78 is 5.84. The molecule has 0 amide bonds. The molecule has 2 aliphatic rings. The van der Waals surface area contributed by atoms with E-state index in [4.69, 9.17) is 9.84 Å². The first-order valence-corrected chi connectivity index (χ1v) is 11.0. The average Bonchev–Trinajstić information content (AvgIpc) is 2.65. The van der Waals surface area contributed by atoms with Crippen LogP contribution in [-0.4, -0.2) is 56.8 Å². The number of hydrogen-bond acceptors (Lipinski definition) is 7. The lowest BCUT2D eigenvalue weighted by Gasteiger charge is -2.43. The standard InChI is InChI=1S/C23H36O7.H3N/c1-4-13(2)23(29)30-20-11-17(25)9-15-6-5-14(3)19(22(15)20)8-7-16(24)10-18(26)12-21(27)28;/h5-6,9,13-14,16-20,22,24-26H,4,7-8,10-12H2,1-3H3,(H,27,28);1H3/t13-,14-,16+,17+,18?,19-,20-,22-;/m0./s1. The van der Waals surface area contributed by atoms with Gasteiger partial charge in [-0.2, -0.15) is 0 Å². The maximum absolute atomic E-state index is 12.4. The van der Waals surface area contributed by atoms with E-state index in [2.05, 4.69) is 13.0 Å². The van der Waals surface area contributed by atoms with E-state index < -0.39 is 30.4 Å². The van der Waals surface area contributed by atoms with E-state index in [0.717, 1.165) is 5.57 Å². The van der Waals surface area contributed by atoms with Crippen LogP contribution >= 0.6 is 0 Å². The second-order valence-electron chi connectivity index (χ2n) is 8.88. The number of aliphatic hydroxyl groups is 3. The van der Waals surface area contributed by atoms with Crippen molar-refractivity contribution in [2.75, 3.05) is 0 Å². The second kappa shape index (κ2) is 12.3. The molecule has 2 aliphatic carbocycles. The van der Waals surface area contributed by atoms with Gasteiger partial charge in [-0.05, 0) is 43.1 Å². The maximum atomic E-state index is 12.4. The van der Waals surface area contributed by atoms with E-state index in [1.54, 1.807) is 0 Å². The Morgan fingerprint density at radius 3 is 2.55 bits per heavy atom. The van der Waals surface area contributed by atoms with Crippen molar-refractivity contribution in [1.29, 1.82) is 0 Å². The molecule has 2 rings (SSSR count). The Bertz CT molecular complexity index is 662. The van der Waals surface area contributed by atoms with Gasteiger partial charge in [0.15, 0.2) is 0 Å². The van der Waals surface area contributed by atoms with Crippen LogP contribution in [0.15, 0.2) is 23.8 Å². The summed E-state index contributed by atoms with van der Waals surface area (Å²) >= 11 is 0. The van der Waals surface area contributed by atoms with Crippen LogP contribution in [0.1, 0.15) is 59.3 Å². The third kappa shape index (κ3) is 7.71. The molecule has 8 atom stereocenters. The van der Waals surface area contributed by atoms with Crippen molar-refractivity contribution in [2.24, 2.45) is 23.7 Å². The first kappa shape index (κ1) is 27.3. The number of carboxylic acid groups (broad SMARTS) is 1. The van der Waals surface area contributed by atoms with Gasteiger partial charge in [0.1, 0.15) is 6.10 Å². The maximum Gasteiger partial charge on any atom is 0.308 e. The van der Waals surface area contributed by atoms with Crippen LogP contribution in [-0.2, 0) is 14.3 Å². The first-order valence-electron chi connectivity index (χ1n) is 11.0. The van der Waals surface area contributed by atoms with Crippen LogP contribution < -0.4 is 6.15 Å². The first-order chi connectivity index (χ1) is 14.1. The fraction of sp³-hybridized carbons (Fsp3) is 0.739. The molecule has 31 heavy (non-hydrogen) atoms. The molecule has 8 heteroatoms. The molecular weight excluding hydrogens is 402 g/mol. The highest BCUT2D eigenvalue weighted by Gasteiger charge is 2.42. The molecule has 0 heterocycles. The predicted octanol–water partition coefficient (Wildman–Crippen LogP) is 2.60. The van der Waals surface area contributed by atoms with Crippen LogP contribution in [0.5, 0.6) is 0 Å². The van der Waals surface area contributed by atoms with Gasteiger partial charge < -0.3 is 31.3 Å². The van der Waals surface area contributed by atoms with Crippen molar-refractivity contribution in [1.82, 2.24) is 6.15 Å². The lowest BCUT2D eigenvalue weighted by molar-refractivity contribution is -0.159. The molecule has 178 valence electrons. The lowest BCUT2D eigenvalue weighted by Crippen LogP contribution is -2.43. The van der Waals surface area contributed by atoms with Crippen LogP contribution in [0, 0.1) is 23.7 Å². The molecule has 0 saturated heterocycles. The SMILES string of the molecule is CC[C@H](C)C(=O)O[C@H]1C[C@H](O)C=C2C=C[C@H](C)[C@H](CC[C@@H](O)CC(O)CC(=O)O)[C@H]21.N. The summed E-state index contributed by atoms with van der Waals surface area (Å²) in [5, 5.41) is 39.1. The number of carboxylic acids is 1. The molecule has 0 aliphatic heterocycles. The summed E-state index contributed by atoms with van der Waals surface area (Å²) in [6, 6.07) is 0. The van der Waals surface area contributed by atoms with E-state index >= 15 is 0 Å². The molecule has 0 fully saturated rings. The Balaban J connectivity index is 0.00000480. The summed E-state index contributed by atoms with van der Waals surface area (Å²) in [6.45, 7) is 5.85. The number of rotatable bonds is 10. The number of allylic oxidation sites excluding steroid dienone is 2. The van der Waals surface area contributed by atoms with Crippen molar-refractivity contribution in [3.8, 4) is 0 Å². The van der Waals surface area contributed by atoms with Gasteiger partial charge in [0.25, 0.3) is 0 Å². The van der Waals surface area contributed by atoms with Gasteiger partial charge in [-0.15, -0.1) is 0 Å². The van der Waals surface area contributed by atoms with Crippen molar-refractivity contribution in [3.05, 3.63) is 23.8 Å². The van der Waals surface area contributed by atoms with Gasteiger partial charge >= 0.3 is 11.9 Å². The minimum absolute atomic E-state index is 0. The molecule has 0 aromatic rings. The molecule has 0 saturated carbocycles. The molecule has 0 aromatic heterocycles. The lowest BCUT2D eigenvalue weighted by atomic mass is 9.66. The highest BCUT2D eigenvalue weighted by atomic mass is 16.5.